The van der Waals surface area contributed by atoms with Gasteiger partial charge in [-0.05, 0) is 35.4 Å². The fraction of sp³-hybridized carbons (Fsp3) is 0.211. The van der Waals surface area contributed by atoms with Crippen LogP contribution in [0.25, 0.3) is 22.1 Å². The highest BCUT2D eigenvalue weighted by Crippen LogP contribution is 2.35. The first-order valence-electron chi connectivity index (χ1n) is 8.65. The lowest BCUT2D eigenvalue weighted by molar-refractivity contribution is 0.141. The topological polar surface area (TPSA) is 88.8 Å². The Morgan fingerprint density at radius 2 is 1.90 bits per heavy atom. The Kier molecular flexibility index (Phi) is 4.97. The SMILES string of the molecule is CNC(=O)Oc1cc2cc(-c3ccc(S(=O)(=O)N4CC(F)C4)cc3)cc(Cl)c2o1. The number of rotatable bonds is 4. The van der Waals surface area contributed by atoms with E-state index in [1.165, 1.54) is 25.2 Å². The number of nitrogens with one attached hydrogen (secondary N) is 1. The van der Waals surface area contributed by atoms with Crippen LogP contribution in [0.1, 0.15) is 0 Å². The Morgan fingerprint density at radius 3 is 2.52 bits per heavy atom. The van der Waals surface area contributed by atoms with Gasteiger partial charge in [0.25, 0.3) is 5.95 Å². The van der Waals surface area contributed by atoms with E-state index in [0.29, 0.717) is 16.0 Å². The summed E-state index contributed by atoms with van der Waals surface area (Å²) in [7, 11) is -2.26. The number of benzene rings is 2. The number of sulfonamides is 1. The first kappa shape index (κ1) is 19.7. The number of carbonyl (C=O) groups is 1. The Hall–Kier alpha value is -2.62. The molecule has 0 spiro atoms. The molecule has 1 fully saturated rings. The zero-order chi connectivity index (χ0) is 20.8. The van der Waals surface area contributed by atoms with Gasteiger partial charge in [0, 0.05) is 31.6 Å². The molecule has 0 aliphatic carbocycles. The maximum absolute atomic E-state index is 13.0. The Balaban J connectivity index is 1.63. The van der Waals surface area contributed by atoms with Crippen LogP contribution in [0.2, 0.25) is 5.02 Å². The zero-order valence-electron chi connectivity index (χ0n) is 15.2. The van der Waals surface area contributed by atoms with Crippen molar-refractivity contribution < 1.29 is 26.8 Å². The Morgan fingerprint density at radius 1 is 1.21 bits per heavy atom. The molecule has 2 heterocycles. The van der Waals surface area contributed by atoms with Crippen molar-refractivity contribution in [3.8, 4) is 17.1 Å². The number of carbonyl (C=O) groups excluding carboxylic acids is 1. The molecular formula is C19H16ClFN2O5S. The van der Waals surface area contributed by atoms with Crippen molar-refractivity contribution >= 4 is 38.7 Å². The summed E-state index contributed by atoms with van der Waals surface area (Å²) in [5, 5.41) is 3.26. The number of alkyl halides is 1. The van der Waals surface area contributed by atoms with Gasteiger partial charge in [-0.2, -0.15) is 4.31 Å². The molecule has 0 unspecified atom stereocenters. The Bertz CT molecular complexity index is 1190. The molecule has 152 valence electrons. The quantitative estimate of drug-likeness (QED) is 0.669. The molecule has 4 rings (SSSR count). The van der Waals surface area contributed by atoms with E-state index < -0.39 is 22.3 Å². The van der Waals surface area contributed by atoms with Crippen molar-refractivity contribution in [2.75, 3.05) is 20.1 Å². The molecule has 29 heavy (non-hydrogen) atoms. The van der Waals surface area contributed by atoms with Crippen molar-refractivity contribution in [3.63, 3.8) is 0 Å². The van der Waals surface area contributed by atoms with Crippen LogP contribution in [-0.4, -0.2) is 45.1 Å². The van der Waals surface area contributed by atoms with Crippen molar-refractivity contribution in [2.45, 2.75) is 11.1 Å². The second-order valence-electron chi connectivity index (χ2n) is 6.53. The number of hydrogen-bond acceptors (Lipinski definition) is 5. The highest BCUT2D eigenvalue weighted by atomic mass is 35.5. The van der Waals surface area contributed by atoms with E-state index in [2.05, 4.69) is 5.32 Å². The minimum absolute atomic E-state index is 0.000515. The van der Waals surface area contributed by atoms with E-state index in [9.17, 15) is 17.6 Å². The van der Waals surface area contributed by atoms with E-state index in [4.69, 9.17) is 20.8 Å². The molecule has 10 heteroatoms. The van der Waals surface area contributed by atoms with E-state index in [0.717, 1.165) is 15.4 Å². The number of halogens is 2. The van der Waals surface area contributed by atoms with Crippen molar-refractivity contribution in [3.05, 3.63) is 47.5 Å². The number of nitrogens with zero attached hydrogens (tertiary/aromatic N) is 1. The van der Waals surface area contributed by atoms with Gasteiger partial charge in [0.2, 0.25) is 10.0 Å². The number of hydrogen-bond donors (Lipinski definition) is 1. The highest BCUT2D eigenvalue weighted by Gasteiger charge is 2.36. The highest BCUT2D eigenvalue weighted by molar-refractivity contribution is 7.89. The zero-order valence-corrected chi connectivity index (χ0v) is 16.8. The van der Waals surface area contributed by atoms with Crippen LogP contribution >= 0.6 is 11.6 Å². The largest absolute Gasteiger partial charge is 0.424 e. The van der Waals surface area contributed by atoms with Crippen LogP contribution in [0.15, 0.2) is 51.8 Å². The van der Waals surface area contributed by atoms with Crippen molar-refractivity contribution in [2.24, 2.45) is 0 Å². The number of amides is 1. The molecule has 7 nitrogen and oxygen atoms in total. The molecule has 1 aromatic heterocycles. The summed E-state index contributed by atoms with van der Waals surface area (Å²) >= 11 is 6.29. The lowest BCUT2D eigenvalue weighted by atomic mass is 10.0. The van der Waals surface area contributed by atoms with Crippen molar-refractivity contribution in [1.29, 1.82) is 0 Å². The van der Waals surface area contributed by atoms with Crippen LogP contribution in [0, 0.1) is 0 Å². The third kappa shape index (κ3) is 3.68. The molecule has 1 aliphatic heterocycles. The number of ether oxygens (including phenoxy) is 1. The fourth-order valence-corrected chi connectivity index (χ4v) is 4.76. The normalized spacial score (nSPS) is 15.3. The average Bonchev–Trinajstić information content (AvgIpc) is 3.08. The summed E-state index contributed by atoms with van der Waals surface area (Å²) in [4.78, 5) is 11.4. The molecule has 1 aliphatic rings. The van der Waals surface area contributed by atoms with E-state index in [1.807, 2.05) is 0 Å². The lowest BCUT2D eigenvalue weighted by Crippen LogP contribution is -2.51. The number of fused-ring (bicyclic) bond motifs is 1. The lowest BCUT2D eigenvalue weighted by Gasteiger charge is -2.33. The molecule has 0 saturated carbocycles. The third-order valence-corrected chi connectivity index (χ3v) is 6.70. The minimum atomic E-state index is -3.69. The summed E-state index contributed by atoms with van der Waals surface area (Å²) in [6, 6.07) is 11.2. The maximum atomic E-state index is 13.0. The summed E-state index contributed by atoms with van der Waals surface area (Å²) in [5.74, 6) is 0.000515. The monoisotopic (exact) mass is 438 g/mol. The van der Waals surface area contributed by atoms with E-state index in [-0.39, 0.29) is 23.9 Å². The first-order chi connectivity index (χ1) is 13.8. The van der Waals surface area contributed by atoms with E-state index in [1.54, 1.807) is 24.3 Å². The van der Waals surface area contributed by atoms with Crippen molar-refractivity contribution in [1.82, 2.24) is 9.62 Å². The molecule has 2 aromatic carbocycles. The van der Waals surface area contributed by atoms with Crippen LogP contribution in [0.3, 0.4) is 0 Å². The van der Waals surface area contributed by atoms with Gasteiger partial charge in [0.05, 0.1) is 9.92 Å². The summed E-state index contributed by atoms with van der Waals surface area (Å²) in [6.45, 7) is -0.228. The fourth-order valence-electron chi connectivity index (χ4n) is 3.00. The molecular weight excluding hydrogens is 423 g/mol. The molecule has 1 saturated heterocycles. The predicted octanol–water partition coefficient (Wildman–Crippen LogP) is 3.81. The van der Waals surface area contributed by atoms with Gasteiger partial charge in [-0.1, -0.05) is 23.7 Å². The van der Waals surface area contributed by atoms with Gasteiger partial charge >= 0.3 is 6.09 Å². The first-order valence-corrected chi connectivity index (χ1v) is 10.5. The standard InChI is InChI=1S/C19H16ClFN2O5S/c1-22-19(24)28-17-8-13-6-12(7-16(20)18(13)27-17)11-2-4-15(5-3-11)29(25,26)23-9-14(21)10-23/h2-8,14H,9-10H2,1H3,(H,22,24). The second kappa shape index (κ2) is 7.33. The van der Waals surface area contributed by atoms with Gasteiger partial charge in [0.15, 0.2) is 5.58 Å². The molecule has 1 N–H and O–H groups in total. The maximum Gasteiger partial charge on any atom is 0.414 e. The van der Waals surface area contributed by atoms with Gasteiger partial charge in [-0.15, -0.1) is 0 Å². The predicted molar refractivity (Wildman–Crippen MR) is 105 cm³/mol. The average molecular weight is 439 g/mol. The van der Waals surface area contributed by atoms with Crippen LogP contribution < -0.4 is 10.1 Å². The second-order valence-corrected chi connectivity index (χ2v) is 8.87. The van der Waals surface area contributed by atoms with Crippen LogP contribution in [-0.2, 0) is 10.0 Å². The molecule has 0 bridgehead atoms. The van der Waals surface area contributed by atoms with Gasteiger partial charge in [-0.3, -0.25) is 0 Å². The van der Waals surface area contributed by atoms with Gasteiger partial charge < -0.3 is 14.5 Å². The molecule has 3 aromatic rings. The van der Waals surface area contributed by atoms with Gasteiger partial charge in [0.1, 0.15) is 6.17 Å². The molecule has 0 atom stereocenters. The van der Waals surface area contributed by atoms with E-state index >= 15 is 0 Å². The summed E-state index contributed by atoms with van der Waals surface area (Å²) in [6.07, 6.45) is -1.77. The molecule has 1 amide bonds. The summed E-state index contributed by atoms with van der Waals surface area (Å²) in [5.41, 5.74) is 1.83. The third-order valence-electron chi connectivity index (χ3n) is 4.57. The summed E-state index contributed by atoms with van der Waals surface area (Å²) < 4.78 is 49.4. The number of furan rings is 1. The molecule has 0 radical (unpaired) electrons. The van der Waals surface area contributed by atoms with Crippen LogP contribution in [0.5, 0.6) is 5.95 Å². The van der Waals surface area contributed by atoms with Gasteiger partial charge in [-0.25, -0.2) is 17.6 Å². The minimum Gasteiger partial charge on any atom is -0.424 e. The van der Waals surface area contributed by atoms with Crippen LogP contribution in [0.4, 0.5) is 9.18 Å². The smallest absolute Gasteiger partial charge is 0.414 e. The Labute approximate surface area is 171 Å².